The smallest absolute Gasteiger partial charge is 0.278 e. The topological polar surface area (TPSA) is 20.2 Å². The van der Waals surface area contributed by atoms with Crippen LogP contribution in [0.5, 0.6) is 0 Å². The van der Waals surface area contributed by atoms with Crippen molar-refractivity contribution in [2.75, 3.05) is 13.3 Å². The third-order valence-electron chi connectivity index (χ3n) is 0.673. The first-order valence-corrected chi connectivity index (χ1v) is 2.17. The van der Waals surface area contributed by atoms with Gasteiger partial charge in [-0.05, 0) is 0 Å². The Bertz CT molecular complexity index is 64.3. The Kier molecular flexibility index (Phi) is 2.82. The van der Waals surface area contributed by atoms with Crippen LogP contribution in [0.2, 0.25) is 0 Å². The molecule has 0 fully saturated rings. The number of aliphatic hydroxyl groups is 1. The number of hydrogen-bond donors (Lipinski definition) is 1. The zero-order chi connectivity index (χ0) is 6.62. The molecule has 0 radical (unpaired) electrons. The highest BCUT2D eigenvalue weighted by molar-refractivity contribution is 4.61. The second-order valence-electron chi connectivity index (χ2n) is 1.46. The van der Waals surface area contributed by atoms with Crippen LogP contribution in [-0.4, -0.2) is 24.3 Å². The van der Waals surface area contributed by atoms with Crippen LogP contribution in [0.4, 0.5) is 13.2 Å². The van der Waals surface area contributed by atoms with Crippen molar-refractivity contribution in [3.8, 4) is 0 Å². The summed E-state index contributed by atoms with van der Waals surface area (Å²) >= 11 is 0. The zero-order valence-corrected chi connectivity index (χ0v) is 4.20. The van der Waals surface area contributed by atoms with Crippen molar-refractivity contribution in [2.24, 2.45) is 0 Å². The first kappa shape index (κ1) is 7.75. The Morgan fingerprint density at radius 3 is 2.00 bits per heavy atom. The first-order valence-electron chi connectivity index (χ1n) is 2.17. The van der Waals surface area contributed by atoms with E-state index in [0.717, 1.165) is 0 Å². The summed E-state index contributed by atoms with van der Waals surface area (Å²) in [6.07, 6.45) is -0.788. The molecule has 0 aliphatic rings. The molecule has 0 rings (SSSR count). The van der Waals surface area contributed by atoms with Crippen LogP contribution < -0.4 is 0 Å². The van der Waals surface area contributed by atoms with Gasteiger partial charge in [-0.2, -0.15) is 0 Å². The summed E-state index contributed by atoms with van der Waals surface area (Å²) in [5.41, 5.74) is 0. The molecule has 0 unspecified atom stereocenters. The highest BCUT2D eigenvalue weighted by Gasteiger charge is 2.27. The molecule has 0 saturated carbocycles. The molecule has 0 heterocycles. The van der Waals surface area contributed by atoms with Gasteiger partial charge in [-0.3, -0.25) is 0 Å². The van der Waals surface area contributed by atoms with Gasteiger partial charge >= 0.3 is 0 Å². The van der Waals surface area contributed by atoms with E-state index < -0.39 is 25.6 Å². The Morgan fingerprint density at radius 2 is 1.88 bits per heavy atom. The van der Waals surface area contributed by atoms with Gasteiger partial charge in [-0.1, -0.05) is 0 Å². The SMILES string of the molecule is OCCC(F)(F)CF. The minimum atomic E-state index is -3.32. The molecule has 1 nitrogen and oxygen atoms in total. The molecule has 1 N–H and O–H groups in total. The normalized spacial score (nSPS) is 12.0. The molecule has 4 heteroatoms. The van der Waals surface area contributed by atoms with Crippen molar-refractivity contribution in [1.82, 2.24) is 0 Å². The van der Waals surface area contributed by atoms with E-state index in [-0.39, 0.29) is 0 Å². The molecule has 0 atom stereocenters. The summed E-state index contributed by atoms with van der Waals surface area (Å²) in [6.45, 7) is -2.36. The van der Waals surface area contributed by atoms with Gasteiger partial charge in [0.1, 0.15) is 0 Å². The molecular weight excluding hydrogens is 121 g/mol. The van der Waals surface area contributed by atoms with E-state index in [0.29, 0.717) is 0 Å². The molecular formula is C4H7F3O. The van der Waals surface area contributed by atoms with Crippen LogP contribution in [0.3, 0.4) is 0 Å². The average Bonchev–Trinajstić information content (AvgIpc) is 1.67. The summed E-state index contributed by atoms with van der Waals surface area (Å²) in [7, 11) is 0. The second kappa shape index (κ2) is 2.91. The lowest BCUT2D eigenvalue weighted by Gasteiger charge is -2.07. The van der Waals surface area contributed by atoms with Crippen LogP contribution in [-0.2, 0) is 0 Å². The molecule has 8 heavy (non-hydrogen) atoms. The van der Waals surface area contributed by atoms with Crippen LogP contribution in [0.25, 0.3) is 0 Å². The van der Waals surface area contributed by atoms with Gasteiger partial charge in [-0.25, -0.2) is 13.2 Å². The summed E-state index contributed by atoms with van der Waals surface area (Å²) < 4.78 is 34.3. The van der Waals surface area contributed by atoms with Crippen LogP contribution in [0, 0.1) is 0 Å². The van der Waals surface area contributed by atoms with E-state index in [2.05, 4.69) is 0 Å². The van der Waals surface area contributed by atoms with E-state index in [1.54, 1.807) is 0 Å². The van der Waals surface area contributed by atoms with Crippen LogP contribution >= 0.6 is 0 Å². The first-order chi connectivity index (χ1) is 3.62. The van der Waals surface area contributed by atoms with Gasteiger partial charge in [0.2, 0.25) is 0 Å². The maximum Gasteiger partial charge on any atom is 0.278 e. The van der Waals surface area contributed by atoms with Crippen molar-refractivity contribution in [3.05, 3.63) is 0 Å². The summed E-state index contributed by atoms with van der Waals surface area (Å²) in [5.74, 6) is -3.32. The van der Waals surface area contributed by atoms with Crippen molar-refractivity contribution in [1.29, 1.82) is 0 Å². The molecule has 0 amide bonds. The third kappa shape index (κ3) is 2.85. The Hall–Kier alpha value is -0.250. The predicted molar refractivity (Wildman–Crippen MR) is 22.6 cm³/mol. The number of hydrogen-bond acceptors (Lipinski definition) is 1. The molecule has 0 aromatic heterocycles. The summed E-state index contributed by atoms with van der Waals surface area (Å²) in [5, 5.41) is 7.89. The second-order valence-corrected chi connectivity index (χ2v) is 1.46. The molecule has 0 aromatic rings. The van der Waals surface area contributed by atoms with Gasteiger partial charge in [0.05, 0.1) is 0 Å². The highest BCUT2D eigenvalue weighted by Crippen LogP contribution is 2.17. The van der Waals surface area contributed by atoms with Crippen molar-refractivity contribution in [2.45, 2.75) is 12.3 Å². The monoisotopic (exact) mass is 128 g/mol. The lowest BCUT2D eigenvalue weighted by Crippen LogP contribution is -2.19. The van der Waals surface area contributed by atoms with E-state index in [1.807, 2.05) is 0 Å². The van der Waals surface area contributed by atoms with Crippen molar-refractivity contribution < 1.29 is 18.3 Å². The standard InChI is InChI=1S/C4H7F3O/c5-3-4(6,7)1-2-8/h8H,1-3H2. The van der Waals surface area contributed by atoms with Crippen LogP contribution in [0.15, 0.2) is 0 Å². The quantitative estimate of drug-likeness (QED) is 0.600. The zero-order valence-electron chi connectivity index (χ0n) is 4.20. The van der Waals surface area contributed by atoms with Gasteiger partial charge in [0, 0.05) is 13.0 Å². The van der Waals surface area contributed by atoms with E-state index in [1.165, 1.54) is 0 Å². The number of alkyl halides is 3. The molecule has 50 valence electrons. The van der Waals surface area contributed by atoms with Crippen LogP contribution in [0.1, 0.15) is 6.42 Å². The van der Waals surface area contributed by atoms with Crippen molar-refractivity contribution in [3.63, 3.8) is 0 Å². The summed E-state index contributed by atoms with van der Waals surface area (Å²) in [4.78, 5) is 0. The summed E-state index contributed by atoms with van der Waals surface area (Å²) in [6, 6.07) is 0. The molecule has 0 spiro atoms. The molecule has 0 saturated heterocycles. The lowest BCUT2D eigenvalue weighted by molar-refractivity contribution is -0.0412. The average molecular weight is 128 g/mol. The van der Waals surface area contributed by atoms with E-state index >= 15 is 0 Å². The third-order valence-corrected chi connectivity index (χ3v) is 0.673. The van der Waals surface area contributed by atoms with Crippen molar-refractivity contribution >= 4 is 0 Å². The Balaban J connectivity index is 3.37. The van der Waals surface area contributed by atoms with E-state index in [9.17, 15) is 13.2 Å². The molecule has 0 aromatic carbocycles. The fourth-order valence-corrected chi connectivity index (χ4v) is 0.230. The largest absolute Gasteiger partial charge is 0.396 e. The Labute approximate surface area is 45.1 Å². The van der Waals surface area contributed by atoms with Gasteiger partial charge in [0.15, 0.2) is 6.67 Å². The molecule has 0 aliphatic carbocycles. The number of aliphatic hydroxyl groups excluding tert-OH is 1. The maximum atomic E-state index is 11.6. The van der Waals surface area contributed by atoms with Gasteiger partial charge in [0.25, 0.3) is 5.92 Å². The van der Waals surface area contributed by atoms with Gasteiger partial charge in [-0.15, -0.1) is 0 Å². The number of halogens is 3. The van der Waals surface area contributed by atoms with E-state index in [4.69, 9.17) is 5.11 Å². The fourth-order valence-electron chi connectivity index (χ4n) is 0.230. The minimum absolute atomic E-state index is 0.670. The lowest BCUT2D eigenvalue weighted by atomic mass is 10.3. The molecule has 0 aliphatic heterocycles. The fraction of sp³-hybridized carbons (Fsp3) is 1.00. The molecule has 0 bridgehead atoms. The highest BCUT2D eigenvalue weighted by atomic mass is 19.3. The van der Waals surface area contributed by atoms with Gasteiger partial charge < -0.3 is 5.11 Å². The maximum absolute atomic E-state index is 11.6. The number of rotatable bonds is 3. The predicted octanol–water partition coefficient (Wildman–Crippen LogP) is 0.974. The Morgan fingerprint density at radius 1 is 1.38 bits per heavy atom. The minimum Gasteiger partial charge on any atom is -0.396 e.